The predicted molar refractivity (Wildman–Crippen MR) is 133 cm³/mol. The molecule has 1 fully saturated rings. The average molecular weight is 519 g/mol. The van der Waals surface area contributed by atoms with Gasteiger partial charge in [0.25, 0.3) is 0 Å². The van der Waals surface area contributed by atoms with Crippen molar-refractivity contribution in [3.05, 3.63) is 44.8 Å². The van der Waals surface area contributed by atoms with Crippen LogP contribution in [-0.4, -0.2) is 66.9 Å². The minimum Gasteiger partial charge on any atom is -0.492 e. The summed E-state index contributed by atoms with van der Waals surface area (Å²) in [4.78, 5) is 68.0. The van der Waals surface area contributed by atoms with Crippen molar-refractivity contribution in [3.8, 4) is 6.07 Å². The van der Waals surface area contributed by atoms with E-state index in [-0.39, 0.29) is 53.9 Å². The van der Waals surface area contributed by atoms with Crippen LogP contribution in [0.5, 0.6) is 0 Å². The van der Waals surface area contributed by atoms with E-state index < -0.39 is 41.7 Å². The SMILES string of the molecule is COC1=C(C)C(=O)C2=C(C1=O)C1[C@@H]3CC4=C(C(=O)C(C)=C(C)C4=O)[C@H](COC(C)=O)C3[C@@H](C#N)C(C2)N1C. The molecule has 0 spiro atoms. The van der Waals surface area contributed by atoms with Crippen molar-refractivity contribution in [2.24, 2.45) is 23.7 Å². The smallest absolute Gasteiger partial charge is 0.302 e. The summed E-state index contributed by atoms with van der Waals surface area (Å²) in [6, 6.07) is 1.47. The van der Waals surface area contributed by atoms with Gasteiger partial charge < -0.3 is 9.47 Å². The van der Waals surface area contributed by atoms with Crippen molar-refractivity contribution in [2.75, 3.05) is 20.8 Å². The first-order chi connectivity index (χ1) is 18.0. The van der Waals surface area contributed by atoms with Gasteiger partial charge in [0.1, 0.15) is 0 Å². The van der Waals surface area contributed by atoms with Gasteiger partial charge in [0, 0.05) is 63.9 Å². The molecule has 198 valence electrons. The van der Waals surface area contributed by atoms with Gasteiger partial charge in [0.15, 0.2) is 23.1 Å². The third kappa shape index (κ3) is 3.36. The lowest BCUT2D eigenvalue weighted by Crippen LogP contribution is -2.65. The van der Waals surface area contributed by atoms with E-state index in [1.54, 1.807) is 20.8 Å². The number of carbonyl (C=O) groups is 5. The van der Waals surface area contributed by atoms with Gasteiger partial charge in [-0.1, -0.05) is 0 Å². The Morgan fingerprint density at radius 1 is 0.947 bits per heavy atom. The molecule has 2 heterocycles. The van der Waals surface area contributed by atoms with Crippen LogP contribution in [0.4, 0.5) is 0 Å². The molecule has 5 rings (SSSR count). The normalized spacial score (nSPS) is 33.2. The molecular weight excluding hydrogens is 488 g/mol. The number of methoxy groups -OCH3 is 1. The lowest BCUT2D eigenvalue weighted by Gasteiger charge is -2.58. The fourth-order valence-electron chi connectivity index (χ4n) is 7.46. The molecule has 5 aliphatic rings. The molecule has 0 aromatic heterocycles. The molecule has 0 N–H and O–H groups in total. The molecule has 2 bridgehead atoms. The zero-order chi connectivity index (χ0) is 27.8. The number of hydrogen-bond donors (Lipinski definition) is 0. The van der Waals surface area contributed by atoms with Crippen molar-refractivity contribution in [2.45, 2.75) is 52.6 Å². The highest BCUT2D eigenvalue weighted by Gasteiger charge is 2.60. The second-order valence-corrected chi connectivity index (χ2v) is 10.9. The topological polar surface area (TPSA) is 131 Å². The highest BCUT2D eigenvalue weighted by atomic mass is 16.5. The molecule has 0 radical (unpaired) electrons. The molecule has 9 nitrogen and oxygen atoms in total. The van der Waals surface area contributed by atoms with Gasteiger partial charge >= 0.3 is 5.97 Å². The summed E-state index contributed by atoms with van der Waals surface area (Å²) in [5.74, 6) is -3.89. The molecule has 3 aliphatic carbocycles. The highest BCUT2D eigenvalue weighted by molar-refractivity contribution is 6.26. The van der Waals surface area contributed by atoms with Crippen molar-refractivity contribution in [1.29, 1.82) is 5.26 Å². The number of likely N-dealkylation sites (N-methyl/N-ethyl adjacent to an activating group) is 1. The number of ether oxygens (including phenoxy) is 2. The molecular formula is C29H30N2O7. The van der Waals surface area contributed by atoms with E-state index in [0.717, 1.165) is 0 Å². The fraction of sp³-hybridized carbons (Fsp3) is 0.517. The van der Waals surface area contributed by atoms with Crippen molar-refractivity contribution < 1.29 is 33.4 Å². The fourth-order valence-corrected chi connectivity index (χ4v) is 7.46. The first-order valence-electron chi connectivity index (χ1n) is 12.8. The van der Waals surface area contributed by atoms with Crippen LogP contribution in [0.3, 0.4) is 0 Å². The van der Waals surface area contributed by atoms with E-state index in [2.05, 4.69) is 6.07 Å². The second-order valence-electron chi connectivity index (χ2n) is 10.9. The largest absolute Gasteiger partial charge is 0.492 e. The van der Waals surface area contributed by atoms with Crippen molar-refractivity contribution in [3.63, 3.8) is 0 Å². The van der Waals surface area contributed by atoms with Crippen LogP contribution < -0.4 is 0 Å². The van der Waals surface area contributed by atoms with Gasteiger partial charge in [-0.05, 0) is 52.5 Å². The molecule has 1 saturated heterocycles. The van der Waals surface area contributed by atoms with Crippen molar-refractivity contribution in [1.82, 2.24) is 4.90 Å². The number of esters is 1. The molecule has 38 heavy (non-hydrogen) atoms. The van der Waals surface area contributed by atoms with Crippen LogP contribution in [0, 0.1) is 35.0 Å². The summed E-state index contributed by atoms with van der Waals surface area (Å²) in [6.45, 7) is 5.93. The molecule has 0 aromatic rings. The van der Waals surface area contributed by atoms with Crippen LogP contribution in [-0.2, 0) is 33.4 Å². The third-order valence-electron chi connectivity index (χ3n) is 9.31. The number of hydrogen-bond acceptors (Lipinski definition) is 9. The van der Waals surface area contributed by atoms with Crippen LogP contribution >= 0.6 is 0 Å². The molecule has 3 unspecified atom stereocenters. The van der Waals surface area contributed by atoms with Gasteiger partial charge in [0.05, 0.1) is 25.7 Å². The first kappa shape index (κ1) is 26.0. The quantitative estimate of drug-likeness (QED) is 0.407. The van der Waals surface area contributed by atoms with Crippen LogP contribution in [0.2, 0.25) is 0 Å². The number of nitriles is 1. The standard InChI is InChI=1S/C29H30N2O7/c1-11-12(2)27(35)22-16(25(11)33)7-15-21(19(22)10-38-14(4)32)18(9-30)20-8-17-23(24(15)31(20)5)28(36)29(37-6)13(3)26(17)34/h15,18-21,24H,7-8,10H2,1-6H3/t15-,18+,19-,20?,21?,24?/m1/s1. The van der Waals surface area contributed by atoms with E-state index in [4.69, 9.17) is 9.47 Å². The number of carbonyl (C=O) groups excluding carboxylic acids is 5. The number of piperidine rings is 1. The van der Waals surface area contributed by atoms with Crippen LogP contribution in [0.25, 0.3) is 0 Å². The Bertz CT molecular complexity index is 1400. The second kappa shape index (κ2) is 8.98. The Kier molecular flexibility index (Phi) is 6.14. The van der Waals surface area contributed by atoms with Crippen LogP contribution in [0.15, 0.2) is 44.8 Å². The number of fused-ring (bicyclic) bond motifs is 5. The first-order valence-corrected chi connectivity index (χ1v) is 12.8. The predicted octanol–water partition coefficient (Wildman–Crippen LogP) is 2.18. The Hall–Kier alpha value is -3.64. The monoisotopic (exact) mass is 518 g/mol. The maximum Gasteiger partial charge on any atom is 0.302 e. The van der Waals surface area contributed by atoms with Gasteiger partial charge in [-0.3, -0.25) is 28.9 Å². The molecule has 0 aromatic carbocycles. The number of allylic oxidation sites excluding steroid dienone is 5. The van der Waals surface area contributed by atoms with Gasteiger partial charge in [0.2, 0.25) is 5.78 Å². The summed E-state index contributed by atoms with van der Waals surface area (Å²) >= 11 is 0. The average Bonchev–Trinajstić information content (AvgIpc) is 2.88. The lowest BCUT2D eigenvalue weighted by molar-refractivity contribution is -0.144. The summed E-state index contributed by atoms with van der Waals surface area (Å²) in [7, 11) is 3.19. The maximum absolute atomic E-state index is 13.7. The summed E-state index contributed by atoms with van der Waals surface area (Å²) in [5, 5.41) is 10.4. The van der Waals surface area contributed by atoms with Crippen LogP contribution in [0.1, 0.15) is 40.5 Å². The van der Waals surface area contributed by atoms with E-state index in [9.17, 15) is 29.2 Å². The van der Waals surface area contributed by atoms with Gasteiger partial charge in [-0.2, -0.15) is 5.26 Å². The lowest BCUT2D eigenvalue weighted by atomic mass is 9.53. The molecule has 0 amide bonds. The van der Waals surface area contributed by atoms with E-state index >= 15 is 0 Å². The van der Waals surface area contributed by atoms with E-state index in [1.807, 2.05) is 11.9 Å². The van der Waals surface area contributed by atoms with Gasteiger partial charge in [-0.25, -0.2) is 0 Å². The minimum atomic E-state index is -0.689. The number of ketones is 4. The Morgan fingerprint density at radius 2 is 1.55 bits per heavy atom. The number of rotatable bonds is 3. The number of nitrogens with zero attached hydrogens (tertiary/aromatic N) is 2. The Labute approximate surface area is 220 Å². The Balaban J connectivity index is 1.73. The van der Waals surface area contributed by atoms with Crippen molar-refractivity contribution >= 4 is 29.1 Å². The van der Waals surface area contributed by atoms with E-state index in [0.29, 0.717) is 33.4 Å². The molecule has 0 saturated carbocycles. The van der Waals surface area contributed by atoms with E-state index in [1.165, 1.54) is 14.0 Å². The summed E-state index contributed by atoms with van der Waals surface area (Å²) < 4.78 is 10.8. The zero-order valence-corrected chi connectivity index (χ0v) is 22.3. The maximum atomic E-state index is 13.7. The summed E-state index contributed by atoms with van der Waals surface area (Å²) in [5.41, 5.74) is 2.37. The summed E-state index contributed by atoms with van der Waals surface area (Å²) in [6.07, 6.45) is 0.384. The zero-order valence-electron chi connectivity index (χ0n) is 22.3. The highest BCUT2D eigenvalue weighted by Crippen LogP contribution is 2.56. The Morgan fingerprint density at radius 3 is 2.16 bits per heavy atom. The minimum absolute atomic E-state index is 0.00468. The number of Topliss-reactive ketones (excluding diaryl/α,β-unsaturated/α-hetero) is 4. The molecule has 6 atom stereocenters. The van der Waals surface area contributed by atoms with Gasteiger partial charge in [-0.15, -0.1) is 0 Å². The molecule has 2 aliphatic heterocycles. The molecule has 9 heteroatoms. The third-order valence-corrected chi connectivity index (χ3v) is 9.31.